The van der Waals surface area contributed by atoms with Gasteiger partial charge in [0.05, 0.1) is 11.7 Å². The Balaban J connectivity index is 1.89. The number of carbonyl (C=O) groups excluding carboxylic acids is 3. The van der Waals surface area contributed by atoms with Gasteiger partial charge in [0, 0.05) is 31.1 Å². The largest absolute Gasteiger partial charge is 0.320 e. The summed E-state index contributed by atoms with van der Waals surface area (Å²) in [7, 11) is 0. The van der Waals surface area contributed by atoms with Crippen LogP contribution >= 0.6 is 0 Å². The third-order valence-electron chi connectivity index (χ3n) is 4.09. The Labute approximate surface area is 165 Å². The van der Waals surface area contributed by atoms with Crippen LogP contribution in [-0.2, 0) is 9.59 Å². The van der Waals surface area contributed by atoms with Crippen molar-refractivity contribution >= 4 is 23.4 Å². The maximum atomic E-state index is 12.3. The number of hydrogen-bond acceptors (Lipinski definition) is 7. The maximum Gasteiger partial charge on any atom is 0.270 e. The number of imidazole rings is 1. The van der Waals surface area contributed by atoms with Crippen molar-refractivity contribution in [3.63, 3.8) is 0 Å². The molecule has 10 heteroatoms. The fraction of sp³-hybridized carbons (Fsp3) is 0.158. The number of carbonyl (C=O) groups is 3. The highest BCUT2D eigenvalue weighted by atomic mass is 16.2. The SMILES string of the molecule is CC(=O)N(C(=O)[C@H](C)N)c1ccc(-c2ncc(C(=O)n3ccnc3)c(=O)[nH]2)cc1. The number of H-pyrrole nitrogens is 1. The Morgan fingerprint density at radius 1 is 1.21 bits per heavy atom. The lowest BCUT2D eigenvalue weighted by Gasteiger charge is -2.21. The van der Waals surface area contributed by atoms with Gasteiger partial charge in [0.1, 0.15) is 17.7 Å². The normalized spacial score (nSPS) is 11.7. The summed E-state index contributed by atoms with van der Waals surface area (Å²) in [6.45, 7) is 2.76. The molecule has 0 aliphatic heterocycles. The summed E-state index contributed by atoms with van der Waals surface area (Å²) in [5.74, 6) is -1.31. The number of hydrogen-bond donors (Lipinski definition) is 2. The smallest absolute Gasteiger partial charge is 0.270 e. The van der Waals surface area contributed by atoms with Gasteiger partial charge in [-0.25, -0.2) is 14.9 Å². The highest BCUT2D eigenvalue weighted by Gasteiger charge is 2.23. The molecule has 1 atom stereocenters. The fourth-order valence-corrected chi connectivity index (χ4v) is 2.65. The molecule has 3 rings (SSSR count). The van der Waals surface area contributed by atoms with E-state index in [-0.39, 0.29) is 11.4 Å². The lowest BCUT2D eigenvalue weighted by atomic mass is 10.1. The molecule has 10 nitrogen and oxygen atoms in total. The molecule has 0 bridgehead atoms. The van der Waals surface area contributed by atoms with Crippen molar-refractivity contribution in [1.82, 2.24) is 19.5 Å². The van der Waals surface area contributed by atoms with Crippen LogP contribution in [0.15, 0.2) is 54.0 Å². The van der Waals surface area contributed by atoms with Gasteiger partial charge in [-0.05, 0) is 31.2 Å². The van der Waals surface area contributed by atoms with Crippen molar-refractivity contribution in [2.45, 2.75) is 19.9 Å². The first-order chi connectivity index (χ1) is 13.8. The van der Waals surface area contributed by atoms with Crippen LogP contribution in [0.3, 0.4) is 0 Å². The minimum absolute atomic E-state index is 0.131. The Kier molecular flexibility index (Phi) is 5.46. The average Bonchev–Trinajstić information content (AvgIpc) is 3.22. The van der Waals surface area contributed by atoms with Gasteiger partial charge in [0.15, 0.2) is 0 Å². The van der Waals surface area contributed by atoms with Crippen LogP contribution in [-0.4, -0.2) is 43.3 Å². The van der Waals surface area contributed by atoms with E-state index in [1.807, 2.05) is 0 Å². The second-order valence-corrected chi connectivity index (χ2v) is 6.28. The van der Waals surface area contributed by atoms with Crippen LogP contribution in [0.5, 0.6) is 0 Å². The summed E-state index contributed by atoms with van der Waals surface area (Å²) < 4.78 is 1.17. The van der Waals surface area contributed by atoms with Gasteiger partial charge in [0.2, 0.25) is 11.8 Å². The number of anilines is 1. The van der Waals surface area contributed by atoms with E-state index in [2.05, 4.69) is 15.0 Å². The van der Waals surface area contributed by atoms with Crippen LogP contribution < -0.4 is 16.2 Å². The molecular weight excluding hydrogens is 376 g/mol. The molecule has 0 unspecified atom stereocenters. The Bertz CT molecular complexity index is 1120. The maximum absolute atomic E-state index is 12.3. The zero-order chi connectivity index (χ0) is 21.1. The molecule has 2 aromatic heterocycles. The van der Waals surface area contributed by atoms with Gasteiger partial charge in [-0.3, -0.25) is 23.7 Å². The standard InChI is InChI=1S/C19H18N6O4/c1-11(20)18(28)25(12(2)26)14-5-3-13(4-6-14)16-22-9-15(17(27)23-16)19(29)24-8-7-21-10-24/h3-11H,20H2,1-2H3,(H,22,23,27)/t11-/m0/s1. The van der Waals surface area contributed by atoms with E-state index in [9.17, 15) is 19.2 Å². The van der Waals surface area contributed by atoms with Gasteiger partial charge in [0.25, 0.3) is 11.5 Å². The topological polar surface area (TPSA) is 144 Å². The Morgan fingerprint density at radius 3 is 2.41 bits per heavy atom. The highest BCUT2D eigenvalue weighted by Crippen LogP contribution is 2.21. The highest BCUT2D eigenvalue weighted by molar-refractivity contribution is 6.15. The lowest BCUT2D eigenvalue weighted by Crippen LogP contribution is -2.44. The molecule has 3 aromatic rings. The molecule has 29 heavy (non-hydrogen) atoms. The monoisotopic (exact) mass is 394 g/mol. The molecule has 3 N–H and O–H groups in total. The molecule has 0 saturated carbocycles. The number of nitrogens with one attached hydrogen (secondary N) is 1. The van der Waals surface area contributed by atoms with Crippen LogP contribution in [0, 0.1) is 0 Å². The summed E-state index contributed by atoms with van der Waals surface area (Å²) >= 11 is 0. The van der Waals surface area contributed by atoms with E-state index in [1.54, 1.807) is 24.3 Å². The van der Waals surface area contributed by atoms with E-state index < -0.39 is 29.3 Å². The first kappa shape index (κ1) is 19.8. The number of benzene rings is 1. The molecule has 0 spiro atoms. The average molecular weight is 394 g/mol. The van der Waals surface area contributed by atoms with E-state index in [0.29, 0.717) is 11.3 Å². The third-order valence-corrected chi connectivity index (χ3v) is 4.09. The van der Waals surface area contributed by atoms with E-state index in [1.165, 1.54) is 43.3 Å². The van der Waals surface area contributed by atoms with Crippen molar-refractivity contribution < 1.29 is 14.4 Å². The van der Waals surface area contributed by atoms with E-state index >= 15 is 0 Å². The van der Waals surface area contributed by atoms with E-state index in [0.717, 1.165) is 4.90 Å². The fourth-order valence-electron chi connectivity index (χ4n) is 2.65. The van der Waals surface area contributed by atoms with E-state index in [4.69, 9.17) is 5.73 Å². The van der Waals surface area contributed by atoms with Crippen LogP contribution in [0.4, 0.5) is 5.69 Å². The second-order valence-electron chi connectivity index (χ2n) is 6.28. The molecule has 0 saturated heterocycles. The van der Waals surface area contributed by atoms with Gasteiger partial charge < -0.3 is 10.7 Å². The molecular formula is C19H18N6O4. The predicted molar refractivity (Wildman–Crippen MR) is 104 cm³/mol. The summed E-state index contributed by atoms with van der Waals surface area (Å²) in [4.78, 5) is 60.0. The first-order valence-electron chi connectivity index (χ1n) is 8.62. The minimum Gasteiger partial charge on any atom is -0.320 e. The predicted octanol–water partition coefficient (Wildman–Crippen LogP) is 0.549. The lowest BCUT2D eigenvalue weighted by molar-refractivity contribution is -0.126. The van der Waals surface area contributed by atoms with Crippen molar-refractivity contribution in [2.24, 2.45) is 5.73 Å². The van der Waals surface area contributed by atoms with Gasteiger partial charge in [-0.2, -0.15) is 0 Å². The number of nitrogens with two attached hydrogens (primary N) is 1. The van der Waals surface area contributed by atoms with Crippen LogP contribution in [0.1, 0.15) is 24.2 Å². The van der Waals surface area contributed by atoms with Crippen molar-refractivity contribution in [3.8, 4) is 11.4 Å². The Morgan fingerprint density at radius 2 is 1.90 bits per heavy atom. The quantitative estimate of drug-likeness (QED) is 0.657. The molecule has 1 aromatic carbocycles. The van der Waals surface area contributed by atoms with Crippen LogP contribution in [0.25, 0.3) is 11.4 Å². The molecule has 0 fully saturated rings. The summed E-state index contributed by atoms with van der Waals surface area (Å²) in [5, 5.41) is 0. The summed E-state index contributed by atoms with van der Waals surface area (Å²) in [6, 6.07) is 5.44. The number of imide groups is 1. The Hall–Kier alpha value is -3.92. The van der Waals surface area contributed by atoms with Crippen molar-refractivity contribution in [3.05, 3.63) is 65.1 Å². The molecule has 0 aliphatic rings. The molecule has 148 valence electrons. The molecule has 2 heterocycles. The number of aromatic amines is 1. The molecule has 2 amide bonds. The molecule has 0 radical (unpaired) electrons. The zero-order valence-electron chi connectivity index (χ0n) is 15.7. The van der Waals surface area contributed by atoms with Crippen molar-refractivity contribution in [2.75, 3.05) is 4.90 Å². The van der Waals surface area contributed by atoms with Crippen LogP contribution in [0.2, 0.25) is 0 Å². The minimum atomic E-state index is -0.836. The summed E-state index contributed by atoms with van der Waals surface area (Å²) in [5.41, 5.74) is 5.74. The summed E-state index contributed by atoms with van der Waals surface area (Å²) in [6.07, 6.45) is 5.33. The van der Waals surface area contributed by atoms with Gasteiger partial charge in [-0.15, -0.1) is 0 Å². The zero-order valence-corrected chi connectivity index (χ0v) is 15.7. The number of aromatic nitrogens is 4. The first-order valence-corrected chi connectivity index (χ1v) is 8.62. The van der Waals surface area contributed by atoms with Gasteiger partial charge >= 0.3 is 0 Å². The van der Waals surface area contributed by atoms with Gasteiger partial charge in [-0.1, -0.05) is 0 Å². The third kappa shape index (κ3) is 4.01. The number of nitrogens with zero attached hydrogens (tertiary/aromatic N) is 4. The molecule has 0 aliphatic carbocycles. The number of amides is 2. The second kappa shape index (κ2) is 7.98. The van der Waals surface area contributed by atoms with Crippen molar-refractivity contribution in [1.29, 1.82) is 0 Å². The number of rotatable bonds is 4.